The number of allylic oxidation sites excluding steroid dienone is 2. The standard InChI is InChI=1S/C21H23F2N5/c22-16-6-3-15-12-27-13-26-28(20(27)11-25-19(15)10-16)17-7-4-14(5-8-17)21-18(23)2-1-9-24-21/h1-2,9-11,13-14,17,25H,3-8,12H2/t14-,17-. The van der Waals surface area contributed by atoms with Gasteiger partial charge in [-0.25, -0.2) is 13.8 Å². The lowest BCUT2D eigenvalue weighted by Crippen LogP contribution is -2.35. The zero-order valence-electron chi connectivity index (χ0n) is 15.6. The van der Waals surface area contributed by atoms with Gasteiger partial charge in [-0.1, -0.05) is 0 Å². The first kappa shape index (κ1) is 17.4. The fourth-order valence-electron chi connectivity index (χ4n) is 4.60. The number of hydrazone groups is 1. The van der Waals surface area contributed by atoms with Crippen molar-refractivity contribution in [1.82, 2.24) is 20.2 Å². The molecule has 4 aliphatic rings. The van der Waals surface area contributed by atoms with Crippen LogP contribution in [0.25, 0.3) is 0 Å². The van der Waals surface area contributed by atoms with E-state index in [0.717, 1.165) is 50.2 Å². The number of hydrogen-bond donors (Lipinski definition) is 1. The van der Waals surface area contributed by atoms with E-state index in [9.17, 15) is 8.78 Å². The molecule has 5 rings (SSSR count). The fourth-order valence-corrected chi connectivity index (χ4v) is 4.60. The zero-order chi connectivity index (χ0) is 19.1. The van der Waals surface area contributed by atoms with E-state index in [1.165, 1.54) is 11.6 Å². The molecule has 0 unspecified atom stereocenters. The van der Waals surface area contributed by atoms with Gasteiger partial charge in [0.1, 0.15) is 23.8 Å². The summed E-state index contributed by atoms with van der Waals surface area (Å²) < 4.78 is 27.7. The summed E-state index contributed by atoms with van der Waals surface area (Å²) in [5, 5.41) is 9.98. The molecule has 146 valence electrons. The third kappa shape index (κ3) is 3.08. The molecule has 0 amide bonds. The molecule has 0 spiro atoms. The highest BCUT2D eigenvalue weighted by Gasteiger charge is 2.34. The molecule has 1 saturated carbocycles. The molecular formula is C21H23F2N5. The Balaban J connectivity index is 1.28. The Hall–Kier alpha value is -2.70. The third-order valence-corrected chi connectivity index (χ3v) is 6.13. The summed E-state index contributed by atoms with van der Waals surface area (Å²) >= 11 is 0. The van der Waals surface area contributed by atoms with E-state index in [-0.39, 0.29) is 23.6 Å². The summed E-state index contributed by atoms with van der Waals surface area (Å²) in [6.07, 6.45) is 11.9. The quantitative estimate of drug-likeness (QED) is 0.835. The Kier molecular flexibility index (Phi) is 4.37. The molecule has 1 aromatic heterocycles. The number of nitrogens with zero attached hydrogens (tertiary/aromatic N) is 4. The van der Waals surface area contributed by atoms with Crippen LogP contribution in [0.15, 0.2) is 58.6 Å². The molecule has 0 radical (unpaired) electrons. The maximum atomic E-state index is 14.1. The van der Waals surface area contributed by atoms with Gasteiger partial charge in [0.15, 0.2) is 0 Å². The average molecular weight is 383 g/mol. The Morgan fingerprint density at radius 2 is 1.96 bits per heavy atom. The topological polar surface area (TPSA) is 43.8 Å². The second kappa shape index (κ2) is 7.04. The van der Waals surface area contributed by atoms with Crippen LogP contribution in [0.1, 0.15) is 50.1 Å². The first-order chi connectivity index (χ1) is 13.7. The number of rotatable bonds is 2. The molecule has 1 aromatic rings. The number of hydrogen-bond acceptors (Lipinski definition) is 5. The molecule has 1 N–H and O–H groups in total. The molecule has 28 heavy (non-hydrogen) atoms. The number of pyridine rings is 1. The van der Waals surface area contributed by atoms with Crippen molar-refractivity contribution < 1.29 is 8.78 Å². The second-order valence-electron chi connectivity index (χ2n) is 7.83. The van der Waals surface area contributed by atoms with Gasteiger partial charge in [0.05, 0.1) is 11.7 Å². The largest absolute Gasteiger partial charge is 0.358 e. The van der Waals surface area contributed by atoms with Crippen molar-refractivity contribution in [2.75, 3.05) is 6.54 Å². The number of fused-ring (bicyclic) bond motifs is 1. The minimum absolute atomic E-state index is 0.0719. The van der Waals surface area contributed by atoms with Crippen molar-refractivity contribution >= 4 is 6.34 Å². The molecule has 0 aromatic carbocycles. The minimum Gasteiger partial charge on any atom is -0.358 e. The van der Waals surface area contributed by atoms with E-state index in [1.54, 1.807) is 18.3 Å². The van der Waals surface area contributed by atoms with E-state index < -0.39 is 0 Å². The normalized spacial score (nSPS) is 26.9. The molecule has 2 aliphatic carbocycles. The van der Waals surface area contributed by atoms with Gasteiger partial charge in [-0.05, 0) is 55.9 Å². The Labute approximate surface area is 163 Å². The lowest BCUT2D eigenvalue weighted by atomic mass is 9.83. The average Bonchev–Trinajstić information content (AvgIpc) is 3.02. The molecule has 0 atom stereocenters. The van der Waals surface area contributed by atoms with Crippen LogP contribution < -0.4 is 5.32 Å². The maximum absolute atomic E-state index is 14.1. The van der Waals surface area contributed by atoms with Crippen molar-refractivity contribution in [3.05, 3.63) is 65.0 Å². The lowest BCUT2D eigenvalue weighted by Gasteiger charge is -2.34. The third-order valence-electron chi connectivity index (χ3n) is 6.13. The highest BCUT2D eigenvalue weighted by atomic mass is 19.1. The number of aromatic nitrogens is 1. The Morgan fingerprint density at radius 3 is 2.79 bits per heavy atom. The first-order valence-electron chi connectivity index (χ1n) is 9.94. The van der Waals surface area contributed by atoms with E-state index >= 15 is 0 Å². The predicted octanol–water partition coefficient (Wildman–Crippen LogP) is 4.11. The highest BCUT2D eigenvalue weighted by molar-refractivity contribution is 5.62. The maximum Gasteiger partial charge on any atom is 0.147 e. The van der Waals surface area contributed by atoms with Gasteiger partial charge >= 0.3 is 0 Å². The number of halogens is 2. The van der Waals surface area contributed by atoms with Crippen molar-refractivity contribution in [2.24, 2.45) is 5.10 Å². The van der Waals surface area contributed by atoms with Crippen LogP contribution in [-0.4, -0.2) is 33.8 Å². The molecule has 2 aliphatic heterocycles. The van der Waals surface area contributed by atoms with Gasteiger partial charge in [-0.3, -0.25) is 4.98 Å². The summed E-state index contributed by atoms with van der Waals surface area (Å²) in [6.45, 7) is 0.729. The summed E-state index contributed by atoms with van der Waals surface area (Å²) in [4.78, 5) is 6.38. The van der Waals surface area contributed by atoms with Crippen molar-refractivity contribution in [1.29, 1.82) is 0 Å². The first-order valence-corrected chi connectivity index (χ1v) is 9.94. The lowest BCUT2D eigenvalue weighted by molar-refractivity contribution is 0.182. The molecule has 0 bridgehead atoms. The minimum atomic E-state index is -0.205. The van der Waals surface area contributed by atoms with E-state index in [4.69, 9.17) is 0 Å². The smallest absolute Gasteiger partial charge is 0.147 e. The van der Waals surface area contributed by atoms with Crippen molar-refractivity contribution in [3.63, 3.8) is 0 Å². The van der Waals surface area contributed by atoms with Crippen LogP contribution in [0.4, 0.5) is 8.78 Å². The van der Waals surface area contributed by atoms with Gasteiger partial charge in [-0.2, -0.15) is 5.10 Å². The second-order valence-corrected chi connectivity index (χ2v) is 7.83. The molecule has 3 heterocycles. The van der Waals surface area contributed by atoms with Crippen LogP contribution >= 0.6 is 0 Å². The molecular weight excluding hydrogens is 360 g/mol. The highest BCUT2D eigenvalue weighted by Crippen LogP contribution is 2.38. The van der Waals surface area contributed by atoms with Crippen LogP contribution in [0, 0.1) is 5.82 Å². The van der Waals surface area contributed by atoms with Crippen molar-refractivity contribution in [3.8, 4) is 0 Å². The summed E-state index contributed by atoms with van der Waals surface area (Å²) in [5.74, 6) is 0.889. The van der Waals surface area contributed by atoms with Gasteiger partial charge in [-0.15, -0.1) is 0 Å². The monoisotopic (exact) mass is 383 g/mol. The molecule has 0 saturated heterocycles. The summed E-state index contributed by atoms with van der Waals surface area (Å²) in [6, 6.07) is 3.41. The SMILES string of the molecule is FC1=CC2=C(CC1)CN1C=NN([C@H]3CC[C@H](c4ncccc4F)CC3)C1=CN2. The van der Waals surface area contributed by atoms with Gasteiger partial charge in [0, 0.05) is 37.0 Å². The van der Waals surface area contributed by atoms with Crippen LogP contribution in [0.3, 0.4) is 0 Å². The molecule has 1 fully saturated rings. The van der Waals surface area contributed by atoms with Crippen LogP contribution in [-0.2, 0) is 0 Å². The zero-order valence-corrected chi connectivity index (χ0v) is 15.6. The fraction of sp³-hybridized carbons (Fsp3) is 0.429. The van der Waals surface area contributed by atoms with Gasteiger partial charge in [0.25, 0.3) is 0 Å². The number of nitrogens with one attached hydrogen (secondary N) is 1. The Bertz CT molecular complexity index is 896. The van der Waals surface area contributed by atoms with E-state index in [1.807, 2.05) is 12.5 Å². The van der Waals surface area contributed by atoms with E-state index in [2.05, 4.69) is 25.3 Å². The summed E-state index contributed by atoms with van der Waals surface area (Å²) in [7, 11) is 0. The van der Waals surface area contributed by atoms with Gasteiger partial charge < -0.3 is 10.2 Å². The predicted molar refractivity (Wildman–Crippen MR) is 103 cm³/mol. The Morgan fingerprint density at radius 1 is 1.11 bits per heavy atom. The summed E-state index contributed by atoms with van der Waals surface area (Å²) in [5.41, 5.74) is 2.66. The van der Waals surface area contributed by atoms with Crippen LogP contribution in [0.5, 0.6) is 0 Å². The molecule has 5 nitrogen and oxygen atoms in total. The van der Waals surface area contributed by atoms with Crippen molar-refractivity contribution in [2.45, 2.75) is 50.5 Å². The van der Waals surface area contributed by atoms with Crippen LogP contribution in [0.2, 0.25) is 0 Å². The van der Waals surface area contributed by atoms with E-state index in [0.29, 0.717) is 12.1 Å². The van der Waals surface area contributed by atoms with Gasteiger partial charge in [0.2, 0.25) is 0 Å². The molecule has 7 heteroatoms.